The van der Waals surface area contributed by atoms with Crippen LogP contribution in [0.1, 0.15) is 40.5 Å². The SMILES string of the molecule is CCCC(=O)N(C=O)OC(=O)c1ccc(-c2c3ccc(=N)c(S(=O)(=O)O)c-3oc3c(S(=O)(=O)O)c(N)ccc23)c(C(=O)O)c1. The lowest BCUT2D eigenvalue weighted by Gasteiger charge is -2.20. The highest BCUT2D eigenvalue weighted by Gasteiger charge is 2.32. The Bertz CT molecular complexity index is 2140. The molecule has 6 N–H and O–H groups in total. The largest absolute Gasteiger partial charge is 0.478 e. The third-order valence-corrected chi connectivity index (χ3v) is 8.11. The Morgan fingerprint density at radius 3 is 2.20 bits per heavy atom. The maximum Gasteiger partial charge on any atom is 0.363 e. The first kappa shape index (κ1) is 31.8. The molecule has 16 nitrogen and oxygen atoms in total. The number of rotatable bonds is 8. The van der Waals surface area contributed by atoms with Crippen LogP contribution in [-0.2, 0) is 34.7 Å². The topological polar surface area (TPSA) is 273 Å². The number of nitrogens with zero attached hydrogens (tertiary/aromatic N) is 1. The highest BCUT2D eigenvalue weighted by molar-refractivity contribution is 7.86. The van der Waals surface area contributed by atoms with Crippen molar-refractivity contribution >= 4 is 61.1 Å². The van der Waals surface area contributed by atoms with E-state index in [4.69, 9.17) is 20.4 Å². The number of nitrogens with one attached hydrogen (secondary N) is 1. The molecule has 0 spiro atoms. The lowest BCUT2D eigenvalue weighted by molar-refractivity contribution is -0.171. The van der Waals surface area contributed by atoms with Crippen molar-refractivity contribution in [2.75, 3.05) is 5.73 Å². The van der Waals surface area contributed by atoms with Crippen molar-refractivity contribution in [3.8, 4) is 22.5 Å². The van der Waals surface area contributed by atoms with Crippen LogP contribution in [0.4, 0.5) is 5.69 Å². The third-order valence-electron chi connectivity index (χ3n) is 6.26. The number of hydroxylamine groups is 2. The number of hydrogen-bond acceptors (Lipinski definition) is 12. The van der Waals surface area contributed by atoms with E-state index >= 15 is 0 Å². The summed E-state index contributed by atoms with van der Waals surface area (Å²) in [6, 6.07) is 7.26. The molecule has 0 atom stereocenters. The maximum atomic E-state index is 12.7. The van der Waals surface area contributed by atoms with E-state index in [0.717, 1.165) is 36.4 Å². The number of imide groups is 1. The molecule has 18 heteroatoms. The van der Waals surface area contributed by atoms with Crippen LogP contribution in [0.25, 0.3) is 33.4 Å². The van der Waals surface area contributed by atoms with Crippen LogP contribution >= 0.6 is 0 Å². The molecule has 0 aromatic heterocycles. The number of fused-ring (bicyclic) bond motifs is 2. The molecular weight excluding hydrogens is 626 g/mol. The molecule has 1 heterocycles. The first-order valence-electron chi connectivity index (χ1n) is 12.2. The Balaban J connectivity index is 2.10. The zero-order valence-corrected chi connectivity index (χ0v) is 23.9. The number of anilines is 1. The normalized spacial score (nSPS) is 11.8. The molecular formula is C26H21N3O13S2. The number of nitrogens with two attached hydrogens (primary N) is 1. The van der Waals surface area contributed by atoms with E-state index in [1.54, 1.807) is 6.92 Å². The molecule has 0 bridgehead atoms. The number of carboxylic acid groups (broad SMARTS) is 1. The Labute approximate surface area is 247 Å². The Hall–Kier alpha value is -5.17. The predicted octanol–water partition coefficient (Wildman–Crippen LogP) is 2.31. The van der Waals surface area contributed by atoms with Gasteiger partial charge in [0.25, 0.3) is 32.6 Å². The minimum absolute atomic E-state index is 0.0417. The molecule has 1 aliphatic heterocycles. The van der Waals surface area contributed by atoms with E-state index in [1.807, 2.05) is 0 Å². The van der Waals surface area contributed by atoms with Crippen molar-refractivity contribution in [1.82, 2.24) is 5.06 Å². The van der Waals surface area contributed by atoms with Gasteiger partial charge in [-0.15, -0.1) is 5.06 Å². The molecule has 1 aliphatic carbocycles. The lowest BCUT2D eigenvalue weighted by Crippen LogP contribution is -2.32. The van der Waals surface area contributed by atoms with Gasteiger partial charge in [-0.2, -0.15) is 16.8 Å². The summed E-state index contributed by atoms with van der Waals surface area (Å²) < 4.78 is 74.6. The van der Waals surface area contributed by atoms with E-state index in [-0.39, 0.29) is 40.0 Å². The van der Waals surface area contributed by atoms with Crippen molar-refractivity contribution in [3.63, 3.8) is 0 Å². The summed E-state index contributed by atoms with van der Waals surface area (Å²) in [6.45, 7) is 1.64. The van der Waals surface area contributed by atoms with Crippen LogP contribution in [-0.4, -0.2) is 60.4 Å². The van der Waals surface area contributed by atoms with Crippen LogP contribution in [0.2, 0.25) is 0 Å². The number of carbonyl (C=O) groups excluding carboxylic acids is 3. The van der Waals surface area contributed by atoms with Gasteiger partial charge in [0.05, 0.1) is 22.2 Å². The fraction of sp³-hybridized carbons (Fsp3) is 0.115. The number of carboxylic acids is 1. The third kappa shape index (κ3) is 5.73. The van der Waals surface area contributed by atoms with Crippen LogP contribution in [0.15, 0.2) is 56.7 Å². The lowest BCUT2D eigenvalue weighted by atomic mass is 9.89. The standard InChI is InChI=1S/C26H21N3O13S2/c1-2-3-19(31)29(11-30)42-26(34)12-4-5-13(16(10-12)25(32)33)20-14-6-8-17(27)23(43(35,36)37)21(14)41-22-15(20)7-9-18(28)24(22)44(38,39)40/h4-11,27H,2-3,28H2,1H3,(H,32,33)(H,35,36,37)(H,38,39,40). The Morgan fingerprint density at radius 2 is 1.64 bits per heavy atom. The zero-order chi connectivity index (χ0) is 32.7. The average Bonchev–Trinajstić information content (AvgIpc) is 2.92. The van der Waals surface area contributed by atoms with Crippen LogP contribution in [0.5, 0.6) is 0 Å². The molecule has 0 saturated heterocycles. The molecule has 0 unspecified atom stereocenters. The first-order valence-corrected chi connectivity index (χ1v) is 15.1. The number of nitrogen functional groups attached to an aromatic ring is 1. The maximum absolute atomic E-state index is 12.7. The van der Waals surface area contributed by atoms with Crippen molar-refractivity contribution in [2.45, 2.75) is 29.6 Å². The summed E-state index contributed by atoms with van der Waals surface area (Å²) in [7, 11) is -10.4. The molecule has 2 aromatic rings. The summed E-state index contributed by atoms with van der Waals surface area (Å²) in [5, 5.41) is 17.3. The monoisotopic (exact) mass is 647 g/mol. The molecule has 0 radical (unpaired) electrons. The minimum atomic E-state index is -5.22. The second-order valence-corrected chi connectivity index (χ2v) is 11.8. The molecule has 230 valence electrons. The van der Waals surface area contributed by atoms with E-state index in [2.05, 4.69) is 0 Å². The summed E-state index contributed by atoms with van der Waals surface area (Å²) in [6.07, 6.45) is 0.155. The zero-order valence-electron chi connectivity index (χ0n) is 22.3. The van der Waals surface area contributed by atoms with Crippen LogP contribution < -0.4 is 11.1 Å². The number of benzene rings is 3. The van der Waals surface area contributed by atoms with Crippen LogP contribution in [0, 0.1) is 5.41 Å². The van der Waals surface area contributed by atoms with Gasteiger partial charge < -0.3 is 20.1 Å². The molecule has 0 saturated carbocycles. The molecule has 2 amide bonds. The van der Waals surface area contributed by atoms with Gasteiger partial charge in [-0.05, 0) is 48.4 Å². The molecule has 2 aliphatic rings. The number of carbonyl (C=O) groups is 4. The number of amides is 2. The van der Waals surface area contributed by atoms with Gasteiger partial charge >= 0.3 is 11.9 Å². The number of hydrogen-bond donors (Lipinski definition) is 5. The summed E-state index contributed by atoms with van der Waals surface area (Å²) in [5.41, 5.74) is 2.69. The number of aromatic carboxylic acids is 1. The van der Waals surface area contributed by atoms with E-state index in [9.17, 15) is 50.2 Å². The summed E-state index contributed by atoms with van der Waals surface area (Å²) >= 11 is 0. The van der Waals surface area contributed by atoms with E-state index in [1.165, 1.54) is 6.07 Å². The van der Waals surface area contributed by atoms with Gasteiger partial charge in [0.2, 0.25) is 0 Å². The second-order valence-electron chi connectivity index (χ2n) is 9.13. The van der Waals surface area contributed by atoms with Gasteiger partial charge in [0.15, 0.2) is 21.1 Å². The molecule has 2 aromatic carbocycles. The Kier molecular flexibility index (Phi) is 8.29. The van der Waals surface area contributed by atoms with Gasteiger partial charge in [-0.3, -0.25) is 24.1 Å². The fourth-order valence-electron chi connectivity index (χ4n) is 4.46. The predicted molar refractivity (Wildman–Crippen MR) is 148 cm³/mol. The van der Waals surface area contributed by atoms with Crippen molar-refractivity contribution in [2.24, 2.45) is 0 Å². The van der Waals surface area contributed by atoms with Gasteiger partial charge in [-0.1, -0.05) is 13.0 Å². The second kappa shape index (κ2) is 11.5. The fourth-order valence-corrected chi connectivity index (χ4v) is 5.94. The van der Waals surface area contributed by atoms with Crippen LogP contribution in [0.3, 0.4) is 0 Å². The van der Waals surface area contributed by atoms with E-state index in [0.29, 0.717) is 6.42 Å². The minimum Gasteiger partial charge on any atom is -0.478 e. The smallest absolute Gasteiger partial charge is 0.363 e. The summed E-state index contributed by atoms with van der Waals surface area (Å²) in [4.78, 5) is 51.2. The molecule has 0 fully saturated rings. The Morgan fingerprint density at radius 1 is 1.00 bits per heavy atom. The van der Waals surface area contributed by atoms with Gasteiger partial charge in [-0.25, -0.2) is 9.59 Å². The average molecular weight is 648 g/mol. The van der Waals surface area contributed by atoms with Gasteiger partial charge in [0.1, 0.15) is 0 Å². The molecule has 44 heavy (non-hydrogen) atoms. The van der Waals surface area contributed by atoms with E-state index < -0.39 is 81.4 Å². The summed E-state index contributed by atoms with van der Waals surface area (Å²) in [5.74, 6) is -4.56. The quantitative estimate of drug-likeness (QED) is 0.0604. The highest BCUT2D eigenvalue weighted by atomic mass is 32.2. The van der Waals surface area contributed by atoms with Gasteiger partial charge in [0, 0.05) is 22.9 Å². The highest BCUT2D eigenvalue weighted by Crippen LogP contribution is 2.45. The molecule has 4 rings (SSSR count). The van der Waals surface area contributed by atoms with Crippen molar-refractivity contribution in [3.05, 3.63) is 58.9 Å². The van der Waals surface area contributed by atoms with Crippen molar-refractivity contribution in [1.29, 1.82) is 5.41 Å². The van der Waals surface area contributed by atoms with Crippen molar-refractivity contribution < 1.29 is 59.5 Å². The first-order chi connectivity index (χ1) is 20.5.